The Bertz CT molecular complexity index is 551. The molecular weight excluding hydrogens is 466 g/mol. The van der Waals surface area contributed by atoms with Crippen LogP contribution in [0.1, 0.15) is 30.5 Å². The van der Waals surface area contributed by atoms with Crippen molar-refractivity contribution in [2.24, 2.45) is 0 Å². The summed E-state index contributed by atoms with van der Waals surface area (Å²) in [5.74, 6) is 0. The molecule has 1 aromatic carbocycles. The first kappa shape index (κ1) is 16.7. The topological polar surface area (TPSA) is 12.0 Å². The molecule has 0 amide bonds. The Morgan fingerprint density at radius 1 is 1.15 bits per heavy atom. The van der Waals surface area contributed by atoms with Gasteiger partial charge >= 0.3 is 0 Å². The molecule has 0 saturated heterocycles. The predicted octanol–water partition coefficient (Wildman–Crippen LogP) is 6.32. The molecular formula is C15H16Br3NS. The summed E-state index contributed by atoms with van der Waals surface area (Å²) in [7, 11) is 0. The second-order valence-electron chi connectivity index (χ2n) is 4.62. The van der Waals surface area contributed by atoms with E-state index in [1.807, 2.05) is 0 Å². The van der Waals surface area contributed by atoms with Gasteiger partial charge in [-0.1, -0.05) is 35.0 Å². The summed E-state index contributed by atoms with van der Waals surface area (Å²) in [4.78, 5) is 0. The lowest BCUT2D eigenvalue weighted by Crippen LogP contribution is -2.24. The summed E-state index contributed by atoms with van der Waals surface area (Å²) in [6.07, 6.45) is 2.13. The van der Waals surface area contributed by atoms with Crippen LogP contribution >= 0.6 is 59.1 Å². The van der Waals surface area contributed by atoms with E-state index >= 15 is 0 Å². The molecule has 0 aliphatic heterocycles. The fourth-order valence-electron chi connectivity index (χ4n) is 2.06. The Balaban J connectivity index is 2.19. The second-order valence-corrected chi connectivity index (χ2v) is 9.28. The number of thiophene rings is 1. The van der Waals surface area contributed by atoms with Gasteiger partial charge in [0.15, 0.2) is 0 Å². The zero-order valence-electron chi connectivity index (χ0n) is 11.1. The van der Waals surface area contributed by atoms with Crippen molar-refractivity contribution in [1.82, 2.24) is 5.32 Å². The van der Waals surface area contributed by atoms with Crippen LogP contribution in [0, 0.1) is 0 Å². The van der Waals surface area contributed by atoms with Crippen LogP contribution in [0.5, 0.6) is 0 Å². The molecule has 108 valence electrons. The van der Waals surface area contributed by atoms with Crippen molar-refractivity contribution in [2.45, 2.75) is 25.8 Å². The van der Waals surface area contributed by atoms with Crippen LogP contribution < -0.4 is 5.32 Å². The smallest absolute Gasteiger partial charge is 0.0758 e. The summed E-state index contributed by atoms with van der Waals surface area (Å²) in [5.41, 5.74) is 2.68. The quantitative estimate of drug-likeness (QED) is 0.509. The number of rotatable bonds is 6. The molecule has 1 aromatic heterocycles. The van der Waals surface area contributed by atoms with E-state index in [-0.39, 0.29) is 0 Å². The number of hydrogen-bond donors (Lipinski definition) is 1. The third kappa shape index (κ3) is 4.67. The highest BCUT2D eigenvalue weighted by Gasteiger charge is 2.17. The van der Waals surface area contributed by atoms with Crippen molar-refractivity contribution in [3.05, 3.63) is 53.5 Å². The minimum atomic E-state index is 0.341. The van der Waals surface area contributed by atoms with Gasteiger partial charge in [0.25, 0.3) is 0 Å². The molecule has 0 aliphatic rings. The van der Waals surface area contributed by atoms with E-state index in [1.54, 1.807) is 11.3 Å². The lowest BCUT2D eigenvalue weighted by Gasteiger charge is -2.18. The number of nitrogens with one attached hydrogen (secondary N) is 1. The van der Waals surface area contributed by atoms with Crippen molar-refractivity contribution in [1.29, 1.82) is 0 Å². The molecule has 5 heteroatoms. The van der Waals surface area contributed by atoms with Gasteiger partial charge in [0.05, 0.1) is 7.57 Å². The predicted molar refractivity (Wildman–Crippen MR) is 98.6 cm³/mol. The van der Waals surface area contributed by atoms with Crippen LogP contribution in [0.15, 0.2) is 42.4 Å². The standard InChI is InChI=1S/C15H16Br3NS/c1-2-7-19-13(12-9-14(17)20-15(12)18)8-10-3-5-11(16)6-4-10/h3-6,9,13,19H,2,7-8H2,1H3. The molecule has 2 aromatic rings. The number of halogens is 3. The monoisotopic (exact) mass is 479 g/mol. The first-order valence-electron chi connectivity index (χ1n) is 6.52. The zero-order chi connectivity index (χ0) is 14.5. The van der Waals surface area contributed by atoms with Gasteiger partial charge in [-0.25, -0.2) is 0 Å². The van der Waals surface area contributed by atoms with E-state index in [0.717, 1.165) is 23.9 Å². The van der Waals surface area contributed by atoms with E-state index in [2.05, 4.69) is 90.4 Å². The molecule has 1 atom stereocenters. The van der Waals surface area contributed by atoms with Gasteiger partial charge < -0.3 is 5.32 Å². The maximum Gasteiger partial charge on any atom is 0.0758 e. The largest absolute Gasteiger partial charge is 0.310 e. The normalized spacial score (nSPS) is 12.6. The van der Waals surface area contributed by atoms with Crippen molar-refractivity contribution in [2.75, 3.05) is 6.54 Å². The average Bonchev–Trinajstić information content (AvgIpc) is 2.76. The second kappa shape index (κ2) is 8.08. The van der Waals surface area contributed by atoms with Crippen LogP contribution in [-0.2, 0) is 6.42 Å². The fourth-order valence-corrected chi connectivity index (χ4v) is 5.30. The molecule has 1 heterocycles. The van der Waals surface area contributed by atoms with Crippen molar-refractivity contribution in [3.63, 3.8) is 0 Å². The van der Waals surface area contributed by atoms with Crippen molar-refractivity contribution < 1.29 is 0 Å². The van der Waals surface area contributed by atoms with Crippen LogP contribution in [0.3, 0.4) is 0 Å². The average molecular weight is 482 g/mol. The van der Waals surface area contributed by atoms with E-state index in [1.165, 1.54) is 18.7 Å². The Kier molecular flexibility index (Phi) is 6.75. The van der Waals surface area contributed by atoms with Crippen molar-refractivity contribution in [3.8, 4) is 0 Å². The van der Waals surface area contributed by atoms with Crippen LogP contribution in [0.2, 0.25) is 0 Å². The van der Waals surface area contributed by atoms with Gasteiger partial charge in [-0.05, 0) is 80.6 Å². The SMILES string of the molecule is CCCNC(Cc1ccc(Br)cc1)c1cc(Br)sc1Br. The van der Waals surface area contributed by atoms with Crippen LogP contribution in [0.4, 0.5) is 0 Å². The third-order valence-electron chi connectivity index (χ3n) is 3.05. The Labute approximate surface area is 149 Å². The molecule has 1 N–H and O–H groups in total. The van der Waals surface area contributed by atoms with Crippen LogP contribution in [0.25, 0.3) is 0 Å². The molecule has 0 spiro atoms. The summed E-state index contributed by atoms with van der Waals surface area (Å²) in [6, 6.07) is 11.1. The summed E-state index contributed by atoms with van der Waals surface area (Å²) in [6.45, 7) is 3.23. The lowest BCUT2D eigenvalue weighted by atomic mass is 10.0. The number of benzene rings is 1. The lowest BCUT2D eigenvalue weighted by molar-refractivity contribution is 0.529. The maximum absolute atomic E-state index is 3.68. The van der Waals surface area contributed by atoms with E-state index in [4.69, 9.17) is 0 Å². The van der Waals surface area contributed by atoms with E-state index < -0.39 is 0 Å². The Morgan fingerprint density at radius 2 is 1.85 bits per heavy atom. The molecule has 0 aliphatic carbocycles. The van der Waals surface area contributed by atoms with Crippen LogP contribution in [-0.4, -0.2) is 6.54 Å². The molecule has 20 heavy (non-hydrogen) atoms. The number of hydrogen-bond acceptors (Lipinski definition) is 2. The fraction of sp³-hybridized carbons (Fsp3) is 0.333. The van der Waals surface area contributed by atoms with Gasteiger partial charge in [0.1, 0.15) is 0 Å². The highest BCUT2D eigenvalue weighted by atomic mass is 79.9. The van der Waals surface area contributed by atoms with Gasteiger partial charge in [-0.2, -0.15) is 0 Å². The maximum atomic E-state index is 3.68. The first-order chi connectivity index (χ1) is 9.60. The summed E-state index contributed by atoms with van der Waals surface area (Å²) >= 11 is 12.5. The zero-order valence-corrected chi connectivity index (χ0v) is 16.7. The molecule has 0 radical (unpaired) electrons. The van der Waals surface area contributed by atoms with Gasteiger partial charge in [-0.3, -0.25) is 0 Å². The highest BCUT2D eigenvalue weighted by Crippen LogP contribution is 2.36. The minimum Gasteiger partial charge on any atom is -0.310 e. The summed E-state index contributed by atoms with van der Waals surface area (Å²) in [5, 5.41) is 3.65. The molecule has 0 fully saturated rings. The van der Waals surface area contributed by atoms with Gasteiger partial charge in [0.2, 0.25) is 0 Å². The Hall–Kier alpha value is 0.320. The highest BCUT2D eigenvalue weighted by molar-refractivity contribution is 9.12. The van der Waals surface area contributed by atoms with Gasteiger partial charge in [0, 0.05) is 10.5 Å². The van der Waals surface area contributed by atoms with Gasteiger partial charge in [-0.15, -0.1) is 11.3 Å². The minimum absolute atomic E-state index is 0.341. The first-order valence-corrected chi connectivity index (χ1v) is 9.72. The molecule has 1 unspecified atom stereocenters. The van der Waals surface area contributed by atoms with E-state index in [9.17, 15) is 0 Å². The molecule has 0 bridgehead atoms. The molecule has 1 nitrogen and oxygen atoms in total. The van der Waals surface area contributed by atoms with Crippen molar-refractivity contribution >= 4 is 59.1 Å². The molecule has 2 rings (SSSR count). The molecule has 0 saturated carbocycles. The van der Waals surface area contributed by atoms with E-state index in [0.29, 0.717) is 6.04 Å². The summed E-state index contributed by atoms with van der Waals surface area (Å²) < 4.78 is 3.49. The third-order valence-corrected chi connectivity index (χ3v) is 5.97. The Morgan fingerprint density at radius 3 is 2.40 bits per heavy atom.